The van der Waals surface area contributed by atoms with Crippen LogP contribution < -0.4 is 5.73 Å². The van der Waals surface area contributed by atoms with Crippen molar-refractivity contribution in [2.75, 3.05) is 5.73 Å². The molecular formula is C12H18N4. The van der Waals surface area contributed by atoms with E-state index in [-0.39, 0.29) is 0 Å². The van der Waals surface area contributed by atoms with Crippen LogP contribution in [0.4, 0.5) is 5.95 Å². The van der Waals surface area contributed by atoms with Gasteiger partial charge in [-0.2, -0.15) is 9.97 Å². The van der Waals surface area contributed by atoms with E-state index in [0.717, 1.165) is 11.6 Å². The molecule has 0 unspecified atom stereocenters. The Morgan fingerprint density at radius 2 is 1.25 bits per heavy atom. The molecule has 0 bridgehead atoms. The molecule has 2 aliphatic carbocycles. The topological polar surface area (TPSA) is 64.7 Å². The monoisotopic (exact) mass is 218 g/mol. The van der Waals surface area contributed by atoms with Gasteiger partial charge in [-0.3, -0.25) is 0 Å². The Labute approximate surface area is 95.7 Å². The molecule has 2 N–H and O–H groups in total. The number of nitrogen functional groups attached to an aromatic ring is 1. The lowest BCUT2D eigenvalue weighted by atomic mass is 9.85. The molecule has 2 aliphatic rings. The van der Waals surface area contributed by atoms with Gasteiger partial charge in [-0.1, -0.05) is 19.3 Å². The van der Waals surface area contributed by atoms with Crippen molar-refractivity contribution < 1.29 is 0 Å². The Kier molecular flexibility index (Phi) is 2.50. The molecule has 4 heteroatoms. The maximum absolute atomic E-state index is 5.78. The molecule has 0 atom stereocenters. The number of aromatic nitrogens is 3. The third kappa shape index (κ3) is 1.77. The standard InChI is InChI=1S/C12H18N4/c13-12-15-10(8-4-1-2-5-8)14-11(16-12)9-6-3-7-9/h8-9H,1-7H2,(H2,13,14,15,16). The van der Waals surface area contributed by atoms with E-state index in [1.54, 1.807) is 0 Å². The highest BCUT2D eigenvalue weighted by molar-refractivity contribution is 5.20. The number of nitrogens with zero attached hydrogens (tertiary/aromatic N) is 3. The summed E-state index contributed by atoms with van der Waals surface area (Å²) >= 11 is 0. The number of hydrogen-bond acceptors (Lipinski definition) is 4. The minimum absolute atomic E-state index is 0.416. The summed E-state index contributed by atoms with van der Waals surface area (Å²) in [5, 5.41) is 0. The smallest absolute Gasteiger partial charge is 0.223 e. The van der Waals surface area contributed by atoms with Crippen LogP contribution in [-0.2, 0) is 0 Å². The zero-order chi connectivity index (χ0) is 11.0. The molecule has 0 spiro atoms. The summed E-state index contributed by atoms with van der Waals surface area (Å²) < 4.78 is 0. The summed E-state index contributed by atoms with van der Waals surface area (Å²) in [5.41, 5.74) is 5.78. The fourth-order valence-electron chi connectivity index (χ4n) is 2.64. The molecule has 1 aromatic heterocycles. The van der Waals surface area contributed by atoms with Gasteiger partial charge < -0.3 is 5.73 Å². The van der Waals surface area contributed by atoms with Crippen LogP contribution in [0.15, 0.2) is 0 Å². The zero-order valence-corrected chi connectivity index (χ0v) is 9.52. The summed E-state index contributed by atoms with van der Waals surface area (Å²) in [6.45, 7) is 0. The van der Waals surface area contributed by atoms with Gasteiger partial charge in [-0.15, -0.1) is 0 Å². The molecule has 4 nitrogen and oxygen atoms in total. The van der Waals surface area contributed by atoms with Crippen molar-refractivity contribution in [2.45, 2.75) is 56.8 Å². The lowest BCUT2D eigenvalue weighted by Gasteiger charge is -2.24. The average Bonchev–Trinajstić information content (AvgIpc) is 2.66. The first kappa shape index (κ1) is 10.00. The van der Waals surface area contributed by atoms with Crippen LogP contribution in [0.2, 0.25) is 0 Å². The van der Waals surface area contributed by atoms with Gasteiger partial charge in [0, 0.05) is 11.8 Å². The molecule has 1 heterocycles. The lowest BCUT2D eigenvalue weighted by molar-refractivity contribution is 0.398. The first-order chi connectivity index (χ1) is 7.83. The number of hydrogen-bond donors (Lipinski definition) is 1. The minimum Gasteiger partial charge on any atom is -0.368 e. The van der Waals surface area contributed by atoms with Gasteiger partial charge >= 0.3 is 0 Å². The number of anilines is 1. The van der Waals surface area contributed by atoms with E-state index in [1.807, 2.05) is 0 Å². The normalized spacial score (nSPS) is 22.2. The van der Waals surface area contributed by atoms with E-state index in [9.17, 15) is 0 Å². The summed E-state index contributed by atoms with van der Waals surface area (Å²) in [6, 6.07) is 0. The Morgan fingerprint density at radius 3 is 1.69 bits per heavy atom. The second-order valence-corrected chi connectivity index (χ2v) is 5.02. The molecule has 1 aromatic rings. The van der Waals surface area contributed by atoms with E-state index < -0.39 is 0 Å². The summed E-state index contributed by atoms with van der Waals surface area (Å²) in [6.07, 6.45) is 8.77. The van der Waals surface area contributed by atoms with Crippen LogP contribution >= 0.6 is 0 Å². The van der Waals surface area contributed by atoms with Crippen LogP contribution in [-0.4, -0.2) is 15.0 Å². The van der Waals surface area contributed by atoms with Crippen molar-refractivity contribution in [1.29, 1.82) is 0 Å². The van der Waals surface area contributed by atoms with Crippen LogP contribution in [0.5, 0.6) is 0 Å². The quantitative estimate of drug-likeness (QED) is 0.827. The number of nitrogens with two attached hydrogens (primary N) is 1. The van der Waals surface area contributed by atoms with Crippen molar-refractivity contribution >= 4 is 5.95 Å². The van der Waals surface area contributed by atoms with Crippen molar-refractivity contribution in [3.05, 3.63) is 11.6 Å². The summed E-state index contributed by atoms with van der Waals surface area (Å²) in [4.78, 5) is 13.2. The predicted octanol–water partition coefficient (Wildman–Crippen LogP) is 2.38. The highest BCUT2D eigenvalue weighted by Gasteiger charge is 2.26. The molecule has 0 aliphatic heterocycles. The second-order valence-electron chi connectivity index (χ2n) is 5.02. The molecule has 2 saturated carbocycles. The molecule has 16 heavy (non-hydrogen) atoms. The molecule has 3 rings (SSSR count). The van der Waals surface area contributed by atoms with Crippen LogP contribution in [0.3, 0.4) is 0 Å². The Balaban J connectivity index is 1.88. The SMILES string of the molecule is Nc1nc(C2CCCC2)nc(C2CCC2)n1. The van der Waals surface area contributed by atoms with E-state index in [1.165, 1.54) is 44.9 Å². The van der Waals surface area contributed by atoms with Crippen LogP contribution in [0.25, 0.3) is 0 Å². The number of rotatable bonds is 2. The summed E-state index contributed by atoms with van der Waals surface area (Å²) in [7, 11) is 0. The third-order valence-electron chi connectivity index (χ3n) is 3.88. The van der Waals surface area contributed by atoms with Crippen LogP contribution in [0, 0.1) is 0 Å². The molecule has 0 saturated heterocycles. The molecule has 0 aromatic carbocycles. The fourth-order valence-corrected chi connectivity index (χ4v) is 2.64. The Hall–Kier alpha value is -1.19. The van der Waals surface area contributed by atoms with Gasteiger partial charge in [0.05, 0.1) is 0 Å². The maximum Gasteiger partial charge on any atom is 0.223 e. The van der Waals surface area contributed by atoms with Gasteiger partial charge in [-0.05, 0) is 25.7 Å². The van der Waals surface area contributed by atoms with E-state index >= 15 is 0 Å². The second kappa shape index (κ2) is 4.00. The van der Waals surface area contributed by atoms with Crippen molar-refractivity contribution in [1.82, 2.24) is 15.0 Å². The lowest BCUT2D eigenvalue weighted by Crippen LogP contribution is -2.17. The van der Waals surface area contributed by atoms with Crippen molar-refractivity contribution in [3.8, 4) is 0 Å². The Morgan fingerprint density at radius 1 is 0.750 bits per heavy atom. The van der Waals surface area contributed by atoms with Gasteiger partial charge in [0.1, 0.15) is 11.6 Å². The summed E-state index contributed by atoms with van der Waals surface area (Å²) in [5.74, 6) is 3.39. The highest BCUT2D eigenvalue weighted by Crippen LogP contribution is 2.36. The van der Waals surface area contributed by atoms with E-state index in [0.29, 0.717) is 17.8 Å². The zero-order valence-electron chi connectivity index (χ0n) is 9.52. The molecule has 86 valence electrons. The van der Waals surface area contributed by atoms with Crippen molar-refractivity contribution in [2.24, 2.45) is 0 Å². The first-order valence-electron chi connectivity index (χ1n) is 6.34. The van der Waals surface area contributed by atoms with Gasteiger partial charge in [-0.25, -0.2) is 4.98 Å². The average molecular weight is 218 g/mol. The first-order valence-corrected chi connectivity index (χ1v) is 6.34. The molecule has 2 fully saturated rings. The minimum atomic E-state index is 0.416. The van der Waals surface area contributed by atoms with E-state index in [2.05, 4.69) is 15.0 Å². The maximum atomic E-state index is 5.78. The van der Waals surface area contributed by atoms with Gasteiger partial charge in [0.15, 0.2) is 0 Å². The largest absolute Gasteiger partial charge is 0.368 e. The predicted molar refractivity (Wildman–Crippen MR) is 62.0 cm³/mol. The van der Waals surface area contributed by atoms with E-state index in [4.69, 9.17) is 5.73 Å². The molecular weight excluding hydrogens is 200 g/mol. The third-order valence-corrected chi connectivity index (χ3v) is 3.88. The molecule has 0 amide bonds. The van der Waals surface area contributed by atoms with Crippen molar-refractivity contribution in [3.63, 3.8) is 0 Å². The highest BCUT2D eigenvalue weighted by atomic mass is 15.1. The van der Waals surface area contributed by atoms with Gasteiger partial charge in [0.25, 0.3) is 0 Å². The Bertz CT molecular complexity index is 381. The van der Waals surface area contributed by atoms with Crippen LogP contribution in [0.1, 0.15) is 68.4 Å². The fraction of sp³-hybridized carbons (Fsp3) is 0.750. The van der Waals surface area contributed by atoms with Gasteiger partial charge in [0.2, 0.25) is 5.95 Å². The molecule has 0 radical (unpaired) electrons.